The molecule has 0 unspecified atom stereocenters. The number of alkyl halides is 3. The van der Waals surface area contributed by atoms with Crippen LogP contribution >= 0.6 is 0 Å². The first-order valence-corrected chi connectivity index (χ1v) is 6.73. The minimum absolute atomic E-state index is 0.00860. The second-order valence-corrected chi connectivity index (χ2v) is 4.73. The molecule has 128 valence electrons. The average molecular weight is 334 g/mol. The molecule has 0 aliphatic heterocycles. The van der Waals surface area contributed by atoms with E-state index in [4.69, 9.17) is 14.2 Å². The molecule has 0 saturated carbocycles. The summed E-state index contributed by atoms with van der Waals surface area (Å²) in [7, 11) is 0. The van der Waals surface area contributed by atoms with Gasteiger partial charge in [0.05, 0.1) is 12.2 Å². The third kappa shape index (κ3) is 7.64. The molecular formula is C15H17F3O5. The molecule has 0 N–H and O–H groups in total. The summed E-state index contributed by atoms with van der Waals surface area (Å²) in [6, 6.07) is 4.48. The Hall–Kier alpha value is -2.09. The van der Waals surface area contributed by atoms with E-state index < -0.39 is 29.8 Å². The van der Waals surface area contributed by atoms with E-state index in [0.29, 0.717) is 5.56 Å². The van der Waals surface area contributed by atoms with Crippen LogP contribution in [0.15, 0.2) is 24.3 Å². The minimum atomic E-state index is -4.40. The highest BCUT2D eigenvalue weighted by Gasteiger charge is 2.29. The van der Waals surface area contributed by atoms with Gasteiger partial charge in [-0.05, 0) is 17.7 Å². The Kier molecular flexibility index (Phi) is 7.02. The van der Waals surface area contributed by atoms with Crippen molar-refractivity contribution < 1.29 is 37.0 Å². The van der Waals surface area contributed by atoms with Crippen LogP contribution in [0.5, 0.6) is 0 Å². The number of carbonyl (C=O) groups excluding carboxylic acids is 2. The molecular weight excluding hydrogens is 317 g/mol. The summed E-state index contributed by atoms with van der Waals surface area (Å²) < 4.78 is 52.4. The second-order valence-electron chi connectivity index (χ2n) is 4.73. The predicted octanol–water partition coefficient (Wildman–Crippen LogP) is 2.72. The van der Waals surface area contributed by atoms with E-state index in [2.05, 4.69) is 0 Å². The molecule has 0 spiro atoms. The fourth-order valence-electron chi connectivity index (χ4n) is 1.57. The Morgan fingerprint density at radius 3 is 1.87 bits per heavy atom. The van der Waals surface area contributed by atoms with Crippen LogP contribution in [-0.2, 0) is 36.6 Å². The molecule has 0 saturated heterocycles. The first kappa shape index (κ1) is 19.0. The largest absolute Gasteiger partial charge is 0.463 e. The highest BCUT2D eigenvalue weighted by molar-refractivity contribution is 5.66. The Morgan fingerprint density at radius 2 is 1.48 bits per heavy atom. The summed E-state index contributed by atoms with van der Waals surface area (Å²) in [5.74, 6) is -1.04. The molecule has 1 rings (SSSR count). The van der Waals surface area contributed by atoms with Gasteiger partial charge >= 0.3 is 18.1 Å². The van der Waals surface area contributed by atoms with Crippen LogP contribution in [0.1, 0.15) is 25.0 Å². The average Bonchev–Trinajstić information content (AvgIpc) is 2.45. The van der Waals surface area contributed by atoms with Crippen molar-refractivity contribution in [2.75, 3.05) is 13.2 Å². The molecule has 0 aromatic heterocycles. The van der Waals surface area contributed by atoms with Crippen LogP contribution in [0.4, 0.5) is 13.2 Å². The van der Waals surface area contributed by atoms with Gasteiger partial charge in [0.15, 0.2) is 0 Å². The Morgan fingerprint density at radius 1 is 1.00 bits per heavy atom. The topological polar surface area (TPSA) is 61.8 Å². The number of halogens is 3. The molecule has 23 heavy (non-hydrogen) atoms. The van der Waals surface area contributed by atoms with Gasteiger partial charge in [0, 0.05) is 13.8 Å². The van der Waals surface area contributed by atoms with E-state index >= 15 is 0 Å². The van der Waals surface area contributed by atoms with E-state index in [1.807, 2.05) is 0 Å². The van der Waals surface area contributed by atoms with Crippen molar-refractivity contribution in [3.05, 3.63) is 35.4 Å². The summed E-state index contributed by atoms with van der Waals surface area (Å²) in [6.45, 7) is 2.19. The molecule has 0 atom stereocenters. The second kappa shape index (κ2) is 8.52. The van der Waals surface area contributed by atoms with Crippen molar-refractivity contribution in [2.45, 2.75) is 32.7 Å². The number of hydrogen-bond acceptors (Lipinski definition) is 5. The van der Waals surface area contributed by atoms with Crippen molar-refractivity contribution in [2.24, 2.45) is 0 Å². The fourth-order valence-corrected chi connectivity index (χ4v) is 1.57. The maximum atomic E-state index is 12.5. The zero-order valence-corrected chi connectivity index (χ0v) is 12.7. The maximum absolute atomic E-state index is 12.5. The normalized spacial score (nSPS) is 11.4. The quantitative estimate of drug-likeness (QED) is 0.718. The fraction of sp³-hybridized carbons (Fsp3) is 0.467. The molecule has 8 heteroatoms. The lowest BCUT2D eigenvalue weighted by atomic mass is 10.1. The van der Waals surface area contributed by atoms with Gasteiger partial charge < -0.3 is 14.2 Å². The molecule has 1 aromatic rings. The minimum Gasteiger partial charge on any atom is -0.463 e. The third-order valence-corrected chi connectivity index (χ3v) is 2.71. The third-order valence-electron chi connectivity index (χ3n) is 2.71. The van der Waals surface area contributed by atoms with E-state index in [9.17, 15) is 22.8 Å². The van der Waals surface area contributed by atoms with Gasteiger partial charge in [-0.25, -0.2) is 0 Å². The SMILES string of the molecule is CC(=O)OCC(COC(C)=O)OCc1ccc(C(F)(F)F)cc1. The van der Waals surface area contributed by atoms with Gasteiger partial charge in [0.1, 0.15) is 19.3 Å². The number of rotatable bonds is 7. The van der Waals surface area contributed by atoms with Crippen molar-refractivity contribution >= 4 is 11.9 Å². The maximum Gasteiger partial charge on any atom is 0.416 e. The number of esters is 2. The zero-order chi connectivity index (χ0) is 17.5. The highest BCUT2D eigenvalue weighted by atomic mass is 19.4. The zero-order valence-electron chi connectivity index (χ0n) is 12.7. The van der Waals surface area contributed by atoms with Crippen molar-refractivity contribution in [1.82, 2.24) is 0 Å². The summed E-state index contributed by atoms with van der Waals surface area (Å²) >= 11 is 0. The number of carbonyl (C=O) groups is 2. The monoisotopic (exact) mass is 334 g/mol. The molecule has 0 fully saturated rings. The smallest absolute Gasteiger partial charge is 0.416 e. The summed E-state index contributed by atoms with van der Waals surface area (Å²) in [5, 5.41) is 0. The first-order valence-electron chi connectivity index (χ1n) is 6.73. The van der Waals surface area contributed by atoms with Gasteiger partial charge in [0.2, 0.25) is 0 Å². The Bertz CT molecular complexity index is 507. The summed E-state index contributed by atoms with van der Waals surface area (Å²) in [5.41, 5.74) is -0.244. The van der Waals surface area contributed by atoms with Crippen LogP contribution in [-0.4, -0.2) is 31.3 Å². The standard InChI is InChI=1S/C15H17F3O5/c1-10(19)21-8-14(9-22-11(2)20)23-7-12-3-5-13(6-4-12)15(16,17)18/h3-6,14H,7-9H2,1-2H3. The van der Waals surface area contributed by atoms with Crippen LogP contribution < -0.4 is 0 Å². The predicted molar refractivity (Wildman–Crippen MR) is 73.3 cm³/mol. The van der Waals surface area contributed by atoms with Gasteiger partial charge in [-0.1, -0.05) is 12.1 Å². The summed E-state index contributed by atoms with van der Waals surface area (Å²) in [4.78, 5) is 21.6. The molecule has 1 aromatic carbocycles. The number of hydrogen-bond donors (Lipinski definition) is 0. The van der Waals surface area contributed by atoms with Crippen LogP contribution in [0.3, 0.4) is 0 Å². The molecule has 0 heterocycles. The van der Waals surface area contributed by atoms with Crippen molar-refractivity contribution in [3.8, 4) is 0 Å². The van der Waals surface area contributed by atoms with E-state index in [0.717, 1.165) is 12.1 Å². The lowest BCUT2D eigenvalue weighted by Gasteiger charge is -2.17. The molecule has 5 nitrogen and oxygen atoms in total. The van der Waals surface area contributed by atoms with E-state index in [-0.39, 0.29) is 19.8 Å². The van der Waals surface area contributed by atoms with Crippen molar-refractivity contribution in [1.29, 1.82) is 0 Å². The molecule has 0 radical (unpaired) electrons. The lowest BCUT2D eigenvalue weighted by Crippen LogP contribution is -2.27. The van der Waals surface area contributed by atoms with Crippen LogP contribution in [0, 0.1) is 0 Å². The lowest BCUT2D eigenvalue weighted by molar-refractivity contribution is -0.153. The van der Waals surface area contributed by atoms with Gasteiger partial charge in [-0.2, -0.15) is 13.2 Å². The number of benzene rings is 1. The van der Waals surface area contributed by atoms with Crippen LogP contribution in [0.2, 0.25) is 0 Å². The highest BCUT2D eigenvalue weighted by Crippen LogP contribution is 2.29. The van der Waals surface area contributed by atoms with E-state index in [1.165, 1.54) is 26.0 Å². The van der Waals surface area contributed by atoms with E-state index in [1.54, 1.807) is 0 Å². The number of ether oxygens (including phenoxy) is 3. The molecule has 0 bridgehead atoms. The van der Waals surface area contributed by atoms with Gasteiger partial charge in [-0.3, -0.25) is 9.59 Å². The first-order chi connectivity index (χ1) is 10.7. The molecule has 0 aliphatic rings. The molecule has 0 aliphatic carbocycles. The van der Waals surface area contributed by atoms with Gasteiger partial charge in [0.25, 0.3) is 0 Å². The van der Waals surface area contributed by atoms with Gasteiger partial charge in [-0.15, -0.1) is 0 Å². The molecule has 0 amide bonds. The Labute approximate surface area is 131 Å². The van der Waals surface area contributed by atoms with Crippen LogP contribution in [0.25, 0.3) is 0 Å². The Balaban J connectivity index is 2.58. The van der Waals surface area contributed by atoms with Crippen molar-refractivity contribution in [3.63, 3.8) is 0 Å². The summed E-state index contributed by atoms with van der Waals surface area (Å²) in [6.07, 6.45) is -5.10.